The van der Waals surface area contributed by atoms with Crippen LogP contribution in [0, 0.1) is 0 Å². The normalized spacial score (nSPS) is 13.4. The van der Waals surface area contributed by atoms with E-state index in [9.17, 15) is 26.0 Å². The summed E-state index contributed by atoms with van der Waals surface area (Å²) < 4.78 is 71.4. The molecule has 6 nitrogen and oxygen atoms in total. The van der Waals surface area contributed by atoms with E-state index in [1.54, 1.807) is 0 Å². The lowest BCUT2D eigenvalue weighted by molar-refractivity contribution is -0.142. The van der Waals surface area contributed by atoms with Crippen LogP contribution in [0.3, 0.4) is 0 Å². The molecule has 1 aromatic heterocycles. The zero-order valence-corrected chi connectivity index (χ0v) is 8.55. The van der Waals surface area contributed by atoms with Crippen molar-refractivity contribution in [1.82, 2.24) is 14.8 Å². The average molecular weight is 262 g/mol. The van der Waals surface area contributed by atoms with Crippen LogP contribution < -0.4 is 5.14 Å². The summed E-state index contributed by atoms with van der Waals surface area (Å²) in [6.45, 7) is 0. The van der Waals surface area contributed by atoms with Crippen LogP contribution in [0.15, 0.2) is 5.16 Å². The maximum Gasteiger partial charge on any atom is 0.365 e. The summed E-state index contributed by atoms with van der Waals surface area (Å²) in [6, 6.07) is 0. The summed E-state index contributed by atoms with van der Waals surface area (Å²) in [5.74, 6) is -6.06. The second-order valence-electron chi connectivity index (χ2n) is 2.83. The van der Waals surface area contributed by atoms with Gasteiger partial charge in [-0.15, -0.1) is 10.2 Å². The number of primary sulfonamides is 1. The molecule has 0 aliphatic rings. The SMILES string of the molecule is Cn1c(C(F)(F)C(F)F)nnc1S(N)(=O)=O. The van der Waals surface area contributed by atoms with Gasteiger partial charge in [0.1, 0.15) is 0 Å². The molecule has 0 saturated carbocycles. The minimum absolute atomic E-state index is 0.210. The van der Waals surface area contributed by atoms with E-state index in [0.29, 0.717) is 0 Å². The fraction of sp³-hybridized carbons (Fsp3) is 0.600. The first-order valence-electron chi connectivity index (χ1n) is 3.67. The highest BCUT2D eigenvalue weighted by molar-refractivity contribution is 7.89. The van der Waals surface area contributed by atoms with E-state index in [1.165, 1.54) is 0 Å². The Labute approximate surface area is 87.1 Å². The number of hydrogen-bond donors (Lipinski definition) is 1. The summed E-state index contributed by atoms with van der Waals surface area (Å²) in [5, 5.41) is 9.12. The summed E-state index contributed by atoms with van der Waals surface area (Å²) >= 11 is 0. The smallest absolute Gasteiger partial charge is 0.299 e. The number of nitrogens with two attached hydrogens (primary N) is 1. The third-order valence-corrected chi connectivity index (χ3v) is 2.53. The molecule has 0 aliphatic heterocycles. The molecule has 1 heterocycles. The van der Waals surface area contributed by atoms with Crippen LogP contribution in [0.5, 0.6) is 0 Å². The van der Waals surface area contributed by atoms with Crippen LogP contribution >= 0.6 is 0 Å². The van der Waals surface area contributed by atoms with Crippen molar-refractivity contribution >= 4 is 10.0 Å². The first-order valence-corrected chi connectivity index (χ1v) is 5.21. The van der Waals surface area contributed by atoms with Crippen molar-refractivity contribution in [3.63, 3.8) is 0 Å². The van der Waals surface area contributed by atoms with Gasteiger partial charge in [-0.1, -0.05) is 0 Å². The molecule has 0 amide bonds. The predicted molar refractivity (Wildman–Crippen MR) is 42.3 cm³/mol. The van der Waals surface area contributed by atoms with Crippen LogP contribution in [-0.2, 0) is 23.0 Å². The van der Waals surface area contributed by atoms with Gasteiger partial charge in [0, 0.05) is 7.05 Å². The van der Waals surface area contributed by atoms with Crippen LogP contribution in [0.1, 0.15) is 5.82 Å². The van der Waals surface area contributed by atoms with Gasteiger partial charge < -0.3 is 0 Å². The van der Waals surface area contributed by atoms with Crippen LogP contribution in [0.25, 0.3) is 0 Å². The maximum absolute atomic E-state index is 12.8. The van der Waals surface area contributed by atoms with Crippen molar-refractivity contribution in [3.05, 3.63) is 5.82 Å². The van der Waals surface area contributed by atoms with Gasteiger partial charge >= 0.3 is 12.3 Å². The first kappa shape index (κ1) is 12.8. The number of aromatic nitrogens is 3. The Balaban J connectivity index is 3.36. The molecule has 2 N–H and O–H groups in total. The maximum atomic E-state index is 12.8. The first-order chi connectivity index (χ1) is 7.08. The number of alkyl halides is 4. The highest BCUT2D eigenvalue weighted by atomic mass is 32.2. The Morgan fingerprint density at radius 3 is 2.19 bits per heavy atom. The molecule has 1 aromatic rings. The standard InChI is InChI=1S/C5H6F4N4O2S/c1-13-3(5(8,9)2(6)7)11-12-4(13)16(10,14)15/h2H,1H3,(H2,10,14,15). The third-order valence-electron chi connectivity index (χ3n) is 1.66. The van der Waals surface area contributed by atoms with Gasteiger partial charge in [0.25, 0.3) is 15.2 Å². The number of halogens is 4. The van der Waals surface area contributed by atoms with Crippen molar-refractivity contribution < 1.29 is 26.0 Å². The van der Waals surface area contributed by atoms with E-state index >= 15 is 0 Å². The average Bonchev–Trinajstić information content (AvgIpc) is 2.45. The molecule has 0 aliphatic carbocycles. The summed E-state index contributed by atoms with van der Waals surface area (Å²) in [4.78, 5) is 0. The van der Waals surface area contributed by atoms with E-state index in [2.05, 4.69) is 15.3 Å². The second-order valence-corrected chi connectivity index (χ2v) is 4.29. The molecule has 0 spiro atoms. The lowest BCUT2D eigenvalue weighted by Crippen LogP contribution is -2.28. The molecule has 11 heteroatoms. The second kappa shape index (κ2) is 3.66. The van der Waals surface area contributed by atoms with Crippen LogP contribution in [0.2, 0.25) is 0 Å². The van der Waals surface area contributed by atoms with Crippen molar-refractivity contribution in [1.29, 1.82) is 0 Å². The van der Waals surface area contributed by atoms with Gasteiger partial charge in [0.2, 0.25) is 5.82 Å². The topological polar surface area (TPSA) is 90.9 Å². The van der Waals surface area contributed by atoms with E-state index < -0.39 is 33.4 Å². The largest absolute Gasteiger partial charge is 0.365 e. The molecule has 0 unspecified atom stereocenters. The molecule has 0 bridgehead atoms. The van der Waals surface area contributed by atoms with E-state index in [1.807, 2.05) is 0 Å². The highest BCUT2D eigenvalue weighted by Crippen LogP contribution is 2.33. The van der Waals surface area contributed by atoms with Gasteiger partial charge in [-0.05, 0) is 0 Å². The van der Waals surface area contributed by atoms with Crippen molar-refractivity contribution in [2.75, 3.05) is 0 Å². The van der Waals surface area contributed by atoms with Gasteiger partial charge in [-0.3, -0.25) is 4.57 Å². The lowest BCUT2D eigenvalue weighted by Gasteiger charge is -2.13. The fourth-order valence-electron chi connectivity index (χ4n) is 0.951. The van der Waals surface area contributed by atoms with Crippen molar-refractivity contribution in [2.45, 2.75) is 17.5 Å². The van der Waals surface area contributed by atoms with E-state index in [4.69, 9.17) is 0 Å². The zero-order valence-electron chi connectivity index (χ0n) is 7.73. The number of sulfonamides is 1. The molecular weight excluding hydrogens is 256 g/mol. The molecule has 0 aromatic carbocycles. The minimum Gasteiger partial charge on any atom is -0.299 e. The summed E-state index contributed by atoms with van der Waals surface area (Å²) in [5.41, 5.74) is 0. The Morgan fingerprint density at radius 1 is 1.38 bits per heavy atom. The molecule has 0 radical (unpaired) electrons. The molecule has 0 saturated heterocycles. The molecule has 0 atom stereocenters. The molecule has 16 heavy (non-hydrogen) atoms. The van der Waals surface area contributed by atoms with Crippen molar-refractivity contribution in [3.8, 4) is 0 Å². The molecule has 92 valence electrons. The predicted octanol–water partition coefficient (Wildman–Crippen LogP) is -0.181. The number of hydrogen-bond acceptors (Lipinski definition) is 4. The van der Waals surface area contributed by atoms with Gasteiger partial charge in [-0.2, -0.15) is 8.78 Å². The Bertz CT molecular complexity index is 497. The van der Waals surface area contributed by atoms with Gasteiger partial charge in [0.15, 0.2) is 0 Å². The van der Waals surface area contributed by atoms with Gasteiger partial charge in [0.05, 0.1) is 0 Å². The monoisotopic (exact) mass is 262 g/mol. The third kappa shape index (κ3) is 2.00. The quantitative estimate of drug-likeness (QED) is 0.765. The Hall–Kier alpha value is -1.23. The Kier molecular flexibility index (Phi) is 2.94. The molecule has 0 fully saturated rings. The minimum atomic E-state index is -4.59. The summed E-state index contributed by atoms with van der Waals surface area (Å²) in [7, 11) is -3.59. The van der Waals surface area contributed by atoms with Gasteiger partial charge in [-0.25, -0.2) is 22.3 Å². The van der Waals surface area contributed by atoms with E-state index in [0.717, 1.165) is 7.05 Å². The van der Waals surface area contributed by atoms with Crippen LogP contribution in [0.4, 0.5) is 17.6 Å². The summed E-state index contributed by atoms with van der Waals surface area (Å²) in [6.07, 6.45) is -4.02. The Morgan fingerprint density at radius 2 is 1.88 bits per heavy atom. The van der Waals surface area contributed by atoms with E-state index in [-0.39, 0.29) is 4.57 Å². The van der Waals surface area contributed by atoms with Crippen LogP contribution in [-0.4, -0.2) is 29.6 Å². The highest BCUT2D eigenvalue weighted by Gasteiger charge is 2.48. The number of rotatable bonds is 3. The lowest BCUT2D eigenvalue weighted by atomic mass is 10.3. The molecular formula is C5H6F4N4O2S. The fourth-order valence-corrected chi connectivity index (χ4v) is 1.57. The zero-order chi connectivity index (χ0) is 12.7. The molecule has 1 rings (SSSR count). The number of nitrogens with zero attached hydrogens (tertiary/aromatic N) is 3. The van der Waals surface area contributed by atoms with Crippen molar-refractivity contribution in [2.24, 2.45) is 12.2 Å².